The first-order valence-electron chi connectivity index (χ1n) is 4.56. The summed E-state index contributed by atoms with van der Waals surface area (Å²) in [6.07, 6.45) is -0.444. The molecule has 2 rings (SSSR count). The Kier molecular flexibility index (Phi) is 1.90. The Morgan fingerprint density at radius 1 is 1.38 bits per heavy atom. The molecule has 1 aliphatic rings. The van der Waals surface area contributed by atoms with Gasteiger partial charge in [-0.05, 0) is 19.4 Å². The molecule has 1 saturated heterocycles. The van der Waals surface area contributed by atoms with Gasteiger partial charge in [0.15, 0.2) is 0 Å². The van der Waals surface area contributed by atoms with Crippen LogP contribution in [0.1, 0.15) is 19.4 Å². The topological polar surface area (TPSA) is 32.8 Å². The van der Waals surface area contributed by atoms with Crippen molar-refractivity contribution in [2.45, 2.75) is 31.7 Å². The SMILES string of the molecule is C[C@H](O)[C@H]1O[C@@]1(C)c1ccccc1. The smallest absolute Gasteiger partial charge is 0.120 e. The molecule has 0 aromatic heterocycles. The average molecular weight is 178 g/mol. The van der Waals surface area contributed by atoms with Crippen LogP contribution in [0.2, 0.25) is 0 Å². The van der Waals surface area contributed by atoms with Crippen LogP contribution in [0.3, 0.4) is 0 Å². The highest BCUT2D eigenvalue weighted by Crippen LogP contribution is 2.47. The molecular weight excluding hydrogens is 164 g/mol. The number of hydrogen-bond donors (Lipinski definition) is 1. The van der Waals surface area contributed by atoms with Crippen LogP contribution in [0, 0.1) is 0 Å². The van der Waals surface area contributed by atoms with E-state index in [1.54, 1.807) is 6.92 Å². The summed E-state index contributed by atoms with van der Waals surface area (Å²) < 4.78 is 5.50. The molecule has 3 atom stereocenters. The summed E-state index contributed by atoms with van der Waals surface area (Å²) in [6, 6.07) is 10.0. The van der Waals surface area contributed by atoms with Crippen LogP contribution in [-0.4, -0.2) is 17.3 Å². The number of aliphatic hydroxyl groups is 1. The van der Waals surface area contributed by atoms with Crippen LogP contribution in [0.5, 0.6) is 0 Å². The Morgan fingerprint density at radius 2 is 2.00 bits per heavy atom. The first-order chi connectivity index (χ1) is 6.14. The second-order valence-electron chi connectivity index (χ2n) is 3.75. The fourth-order valence-electron chi connectivity index (χ4n) is 1.79. The maximum absolute atomic E-state index is 9.36. The largest absolute Gasteiger partial charge is 0.391 e. The third-order valence-electron chi connectivity index (χ3n) is 2.64. The van der Waals surface area contributed by atoms with Crippen LogP contribution in [0.4, 0.5) is 0 Å². The first kappa shape index (κ1) is 8.73. The number of benzene rings is 1. The van der Waals surface area contributed by atoms with Crippen LogP contribution in [0.25, 0.3) is 0 Å². The third-order valence-corrected chi connectivity index (χ3v) is 2.64. The van der Waals surface area contributed by atoms with Crippen molar-refractivity contribution in [3.05, 3.63) is 35.9 Å². The Morgan fingerprint density at radius 3 is 2.46 bits per heavy atom. The number of hydrogen-bond acceptors (Lipinski definition) is 2. The van der Waals surface area contributed by atoms with Crippen LogP contribution in [-0.2, 0) is 10.3 Å². The predicted octanol–water partition coefficient (Wildman–Crippen LogP) is 1.68. The van der Waals surface area contributed by atoms with E-state index in [0.717, 1.165) is 5.56 Å². The third kappa shape index (κ3) is 1.36. The molecule has 1 aromatic carbocycles. The molecule has 0 amide bonds. The Bertz CT molecular complexity index is 294. The van der Waals surface area contributed by atoms with E-state index in [-0.39, 0.29) is 11.7 Å². The van der Waals surface area contributed by atoms with E-state index in [1.807, 2.05) is 37.3 Å². The zero-order valence-corrected chi connectivity index (χ0v) is 7.90. The molecule has 0 radical (unpaired) electrons. The van der Waals surface area contributed by atoms with Gasteiger partial charge in [0.05, 0.1) is 6.10 Å². The Labute approximate surface area is 78.2 Å². The lowest BCUT2D eigenvalue weighted by atomic mass is 9.95. The normalized spacial score (nSPS) is 34.2. The minimum Gasteiger partial charge on any atom is -0.391 e. The molecule has 2 heteroatoms. The van der Waals surface area contributed by atoms with Crippen molar-refractivity contribution in [3.8, 4) is 0 Å². The maximum Gasteiger partial charge on any atom is 0.120 e. The van der Waals surface area contributed by atoms with Gasteiger partial charge in [0.1, 0.15) is 11.7 Å². The second-order valence-corrected chi connectivity index (χ2v) is 3.75. The molecular formula is C11H14O2. The zero-order valence-electron chi connectivity index (χ0n) is 7.90. The number of ether oxygens (including phenoxy) is 1. The van der Waals surface area contributed by atoms with Gasteiger partial charge in [-0.3, -0.25) is 0 Å². The van der Waals surface area contributed by atoms with Crippen LogP contribution < -0.4 is 0 Å². The van der Waals surface area contributed by atoms with Crippen molar-refractivity contribution in [2.24, 2.45) is 0 Å². The van der Waals surface area contributed by atoms with E-state index in [1.165, 1.54) is 0 Å². The lowest BCUT2D eigenvalue weighted by Gasteiger charge is -2.07. The molecule has 1 aliphatic heterocycles. The molecule has 2 nitrogen and oxygen atoms in total. The molecule has 0 bridgehead atoms. The Balaban J connectivity index is 2.21. The fraction of sp³-hybridized carbons (Fsp3) is 0.455. The quantitative estimate of drug-likeness (QED) is 0.699. The van der Waals surface area contributed by atoms with Crippen molar-refractivity contribution in [1.82, 2.24) is 0 Å². The predicted molar refractivity (Wildman–Crippen MR) is 50.3 cm³/mol. The molecule has 0 aliphatic carbocycles. The highest BCUT2D eigenvalue weighted by atomic mass is 16.6. The number of rotatable bonds is 2. The van der Waals surface area contributed by atoms with Gasteiger partial charge < -0.3 is 9.84 Å². The highest BCUT2D eigenvalue weighted by Gasteiger charge is 2.55. The number of epoxide rings is 1. The molecule has 1 aromatic rings. The van der Waals surface area contributed by atoms with Gasteiger partial charge in [0.25, 0.3) is 0 Å². The summed E-state index contributed by atoms with van der Waals surface area (Å²) in [5.41, 5.74) is 0.871. The number of aliphatic hydroxyl groups excluding tert-OH is 1. The van der Waals surface area contributed by atoms with Crippen molar-refractivity contribution in [1.29, 1.82) is 0 Å². The molecule has 1 heterocycles. The summed E-state index contributed by atoms with van der Waals surface area (Å²) in [7, 11) is 0. The summed E-state index contributed by atoms with van der Waals surface area (Å²) in [5, 5.41) is 9.36. The van der Waals surface area contributed by atoms with E-state index < -0.39 is 6.10 Å². The van der Waals surface area contributed by atoms with E-state index in [2.05, 4.69) is 0 Å². The van der Waals surface area contributed by atoms with Crippen molar-refractivity contribution in [3.63, 3.8) is 0 Å². The molecule has 1 fully saturated rings. The molecule has 70 valence electrons. The summed E-state index contributed by atoms with van der Waals surface area (Å²) in [6.45, 7) is 3.78. The van der Waals surface area contributed by atoms with Gasteiger partial charge in [-0.15, -0.1) is 0 Å². The van der Waals surface area contributed by atoms with E-state index in [9.17, 15) is 5.11 Å². The molecule has 0 unspecified atom stereocenters. The summed E-state index contributed by atoms with van der Waals surface area (Å²) in [4.78, 5) is 0. The highest BCUT2D eigenvalue weighted by molar-refractivity contribution is 5.28. The minimum atomic E-state index is -0.398. The lowest BCUT2D eigenvalue weighted by Crippen LogP contribution is -2.17. The molecule has 0 spiro atoms. The zero-order chi connectivity index (χ0) is 9.47. The summed E-state index contributed by atoms with van der Waals surface area (Å²) in [5.74, 6) is 0. The monoisotopic (exact) mass is 178 g/mol. The van der Waals surface area contributed by atoms with Gasteiger partial charge in [-0.25, -0.2) is 0 Å². The van der Waals surface area contributed by atoms with E-state index in [0.29, 0.717) is 0 Å². The van der Waals surface area contributed by atoms with Gasteiger partial charge in [-0.1, -0.05) is 30.3 Å². The van der Waals surface area contributed by atoms with Gasteiger partial charge in [0.2, 0.25) is 0 Å². The molecule has 1 N–H and O–H groups in total. The van der Waals surface area contributed by atoms with Gasteiger partial charge in [0, 0.05) is 0 Å². The van der Waals surface area contributed by atoms with Gasteiger partial charge in [-0.2, -0.15) is 0 Å². The lowest BCUT2D eigenvalue weighted by molar-refractivity contribution is 0.152. The molecule has 0 saturated carbocycles. The minimum absolute atomic E-state index is 0.0464. The van der Waals surface area contributed by atoms with Crippen molar-refractivity contribution < 1.29 is 9.84 Å². The first-order valence-corrected chi connectivity index (χ1v) is 4.56. The van der Waals surface area contributed by atoms with Crippen LogP contribution in [0.15, 0.2) is 30.3 Å². The van der Waals surface area contributed by atoms with Crippen molar-refractivity contribution in [2.75, 3.05) is 0 Å². The van der Waals surface area contributed by atoms with E-state index >= 15 is 0 Å². The summed E-state index contributed by atoms with van der Waals surface area (Å²) >= 11 is 0. The fourth-order valence-corrected chi connectivity index (χ4v) is 1.79. The van der Waals surface area contributed by atoms with Crippen LogP contribution >= 0.6 is 0 Å². The second kappa shape index (κ2) is 2.82. The molecule has 13 heavy (non-hydrogen) atoms. The van der Waals surface area contributed by atoms with Gasteiger partial charge >= 0.3 is 0 Å². The standard InChI is InChI=1S/C11H14O2/c1-8(12)10-11(2,13-10)9-6-4-3-5-7-9/h3-8,10,12H,1-2H3/t8-,10+,11-/m0/s1. The Hall–Kier alpha value is -0.860. The average Bonchev–Trinajstić information content (AvgIpc) is 2.82. The van der Waals surface area contributed by atoms with E-state index in [4.69, 9.17) is 4.74 Å². The maximum atomic E-state index is 9.36. The van der Waals surface area contributed by atoms with Crippen molar-refractivity contribution >= 4 is 0 Å².